The van der Waals surface area contributed by atoms with Gasteiger partial charge >= 0.3 is 19.8 Å². The lowest BCUT2D eigenvalue weighted by Crippen LogP contribution is -2.29. The molecule has 0 aliphatic rings. The highest BCUT2D eigenvalue weighted by atomic mass is 31.2. The summed E-state index contributed by atoms with van der Waals surface area (Å²) in [6, 6.07) is 0. The van der Waals surface area contributed by atoms with Crippen LogP contribution in [-0.4, -0.2) is 49.3 Å². The molecule has 0 heterocycles. The van der Waals surface area contributed by atoms with E-state index in [1.54, 1.807) is 0 Å². The van der Waals surface area contributed by atoms with Crippen LogP contribution in [0.15, 0.2) is 85.1 Å². The molecule has 0 aromatic carbocycles. The minimum atomic E-state index is -4.39. The first-order chi connectivity index (χ1) is 34.8. The molecule has 0 aromatic rings. The first-order valence-electron chi connectivity index (χ1n) is 29.1. The van der Waals surface area contributed by atoms with Crippen molar-refractivity contribution in [1.29, 1.82) is 0 Å². The molecule has 0 radical (unpaired) electrons. The largest absolute Gasteiger partial charge is 0.472 e. The SMILES string of the molecule is CC/C=C\C/C=C\C/C=C\C/C=C\C/C=C\CCCCCCCCCCCCCCCCCCCCCCCC(=O)OC(COC(=O)CCCCCCC/C=C\C/C=C\CCC)COP(=O)(O)OCCN. The number of rotatable bonds is 54. The van der Waals surface area contributed by atoms with Gasteiger partial charge < -0.3 is 20.1 Å². The molecule has 0 spiro atoms. The monoisotopic (exact) mass is 1010 g/mol. The summed E-state index contributed by atoms with van der Waals surface area (Å²) in [5.74, 6) is -0.840. The average Bonchev–Trinajstić information content (AvgIpc) is 3.36. The van der Waals surface area contributed by atoms with Crippen LogP contribution >= 0.6 is 7.82 Å². The van der Waals surface area contributed by atoms with Gasteiger partial charge in [0.1, 0.15) is 6.61 Å². The van der Waals surface area contributed by atoms with Crippen molar-refractivity contribution in [3.63, 3.8) is 0 Å². The third-order valence-electron chi connectivity index (χ3n) is 12.2. The van der Waals surface area contributed by atoms with Gasteiger partial charge in [0, 0.05) is 19.4 Å². The number of nitrogens with two attached hydrogens (primary N) is 1. The molecule has 0 aromatic heterocycles. The van der Waals surface area contributed by atoms with Gasteiger partial charge in [-0.1, -0.05) is 247 Å². The van der Waals surface area contributed by atoms with E-state index in [-0.39, 0.29) is 32.6 Å². The Bertz CT molecular complexity index is 1440. The smallest absolute Gasteiger partial charge is 0.462 e. The lowest BCUT2D eigenvalue weighted by molar-refractivity contribution is -0.161. The molecular weight excluding hydrogens is 906 g/mol. The summed E-state index contributed by atoms with van der Waals surface area (Å²) < 4.78 is 32.9. The van der Waals surface area contributed by atoms with Crippen molar-refractivity contribution < 1.29 is 37.6 Å². The van der Waals surface area contributed by atoms with Crippen LogP contribution in [-0.2, 0) is 32.7 Å². The van der Waals surface area contributed by atoms with E-state index in [1.165, 1.54) is 122 Å². The number of allylic oxidation sites excluding steroid dienone is 14. The highest BCUT2D eigenvalue weighted by Gasteiger charge is 2.26. The second kappa shape index (κ2) is 56.5. The molecule has 0 saturated carbocycles. The first kappa shape index (κ1) is 68.2. The highest BCUT2D eigenvalue weighted by Crippen LogP contribution is 2.43. The van der Waals surface area contributed by atoms with Crippen LogP contribution in [0.3, 0.4) is 0 Å². The molecular formula is C61H108NO8P. The summed E-state index contributed by atoms with van der Waals surface area (Å²) >= 11 is 0. The minimum Gasteiger partial charge on any atom is -0.462 e. The maximum atomic E-state index is 12.7. The number of phosphoric ester groups is 1. The number of carbonyl (C=O) groups excluding carboxylic acids is 2. The third-order valence-corrected chi connectivity index (χ3v) is 13.2. The summed E-state index contributed by atoms with van der Waals surface area (Å²) in [7, 11) is -4.39. The number of hydrogen-bond donors (Lipinski definition) is 2. The highest BCUT2D eigenvalue weighted by molar-refractivity contribution is 7.47. The predicted octanol–water partition coefficient (Wildman–Crippen LogP) is 18.3. The molecule has 0 aliphatic heterocycles. The molecule has 0 rings (SSSR count). The van der Waals surface area contributed by atoms with Gasteiger partial charge in [-0.25, -0.2) is 4.57 Å². The summed E-state index contributed by atoms with van der Waals surface area (Å²) in [6.45, 7) is 3.56. The minimum absolute atomic E-state index is 0.0500. The van der Waals surface area contributed by atoms with E-state index < -0.39 is 32.5 Å². The molecule has 3 N–H and O–H groups in total. The van der Waals surface area contributed by atoms with Gasteiger partial charge in [-0.2, -0.15) is 0 Å². The van der Waals surface area contributed by atoms with E-state index in [2.05, 4.69) is 98.9 Å². The average molecular weight is 1010 g/mol. The maximum absolute atomic E-state index is 12.7. The quantitative estimate of drug-likeness (QED) is 0.0264. The normalized spacial score (nSPS) is 13.7. The van der Waals surface area contributed by atoms with Crippen LogP contribution in [0, 0.1) is 0 Å². The Morgan fingerprint density at radius 1 is 0.437 bits per heavy atom. The van der Waals surface area contributed by atoms with Crippen molar-refractivity contribution in [3.8, 4) is 0 Å². The van der Waals surface area contributed by atoms with Gasteiger partial charge in [-0.3, -0.25) is 18.6 Å². The summed E-state index contributed by atoms with van der Waals surface area (Å²) in [4.78, 5) is 35.1. The zero-order valence-corrected chi connectivity index (χ0v) is 46.6. The van der Waals surface area contributed by atoms with Crippen molar-refractivity contribution >= 4 is 19.8 Å². The Labute approximate surface area is 436 Å². The molecule has 0 aliphatic carbocycles. The van der Waals surface area contributed by atoms with E-state index >= 15 is 0 Å². The Balaban J connectivity index is 3.82. The van der Waals surface area contributed by atoms with Gasteiger partial charge in [0.05, 0.1) is 13.2 Å². The van der Waals surface area contributed by atoms with Crippen LogP contribution in [0.25, 0.3) is 0 Å². The van der Waals surface area contributed by atoms with Crippen LogP contribution in [0.1, 0.15) is 258 Å². The fourth-order valence-corrected chi connectivity index (χ4v) is 8.76. The van der Waals surface area contributed by atoms with Crippen LogP contribution < -0.4 is 5.73 Å². The summed E-state index contributed by atoms with van der Waals surface area (Å²) in [6.07, 6.45) is 73.8. The standard InChI is InChI=1S/C61H108NO8P/c1-3-5-7-9-11-13-15-17-18-19-20-21-22-23-24-25-26-27-28-29-30-31-32-33-34-35-36-37-38-39-40-42-44-46-48-50-52-54-61(64)70-59(58-69-71(65,66)68-56-55-62)57-67-60(63)53-51-49-47-45-43-41-16-14-12-10-8-6-4-2/h5,7-8,10-11,13-14,16-18,20-21,23-24,59H,3-4,6,9,12,15,19,22,25-58,62H2,1-2H3,(H,65,66)/b7-5-,10-8-,13-11-,16-14-,18-17-,21-20-,24-23-. The molecule has 0 bridgehead atoms. The van der Waals surface area contributed by atoms with E-state index in [1.807, 2.05) is 0 Å². The molecule has 0 amide bonds. The Hall–Kier alpha value is -2.81. The number of hydrogen-bond acceptors (Lipinski definition) is 8. The van der Waals surface area contributed by atoms with Crippen molar-refractivity contribution in [2.45, 2.75) is 264 Å². The predicted molar refractivity (Wildman–Crippen MR) is 302 cm³/mol. The number of esters is 2. The number of phosphoric acid groups is 1. The molecule has 10 heteroatoms. The third kappa shape index (κ3) is 56.3. The fraction of sp³-hybridized carbons (Fsp3) is 0.738. The van der Waals surface area contributed by atoms with Gasteiger partial charge in [0.15, 0.2) is 6.10 Å². The second-order valence-corrected chi connectivity index (χ2v) is 20.6. The second-order valence-electron chi connectivity index (χ2n) is 19.1. The van der Waals surface area contributed by atoms with Crippen molar-refractivity contribution in [1.82, 2.24) is 0 Å². The van der Waals surface area contributed by atoms with Gasteiger partial charge in [0.2, 0.25) is 0 Å². The topological polar surface area (TPSA) is 134 Å². The Morgan fingerprint density at radius 3 is 1.15 bits per heavy atom. The van der Waals surface area contributed by atoms with Crippen molar-refractivity contribution in [2.24, 2.45) is 5.73 Å². The number of unbranched alkanes of at least 4 members (excludes halogenated alkanes) is 27. The Kier molecular flexibility index (Phi) is 54.2. The molecule has 9 nitrogen and oxygen atoms in total. The Morgan fingerprint density at radius 2 is 0.775 bits per heavy atom. The molecule has 2 unspecified atom stereocenters. The van der Waals surface area contributed by atoms with Crippen molar-refractivity contribution in [3.05, 3.63) is 85.1 Å². The molecule has 0 fully saturated rings. The van der Waals surface area contributed by atoms with Crippen LogP contribution in [0.2, 0.25) is 0 Å². The fourth-order valence-electron chi connectivity index (χ4n) is 8.00. The molecule has 0 saturated heterocycles. The van der Waals surface area contributed by atoms with E-state index in [4.69, 9.17) is 24.3 Å². The zero-order valence-electron chi connectivity index (χ0n) is 45.7. The van der Waals surface area contributed by atoms with Gasteiger partial charge in [-0.05, 0) is 83.5 Å². The van der Waals surface area contributed by atoms with Crippen molar-refractivity contribution in [2.75, 3.05) is 26.4 Å². The lowest BCUT2D eigenvalue weighted by atomic mass is 10.0. The molecule has 2 atom stereocenters. The van der Waals surface area contributed by atoms with E-state index in [0.29, 0.717) is 12.8 Å². The lowest BCUT2D eigenvalue weighted by Gasteiger charge is -2.19. The maximum Gasteiger partial charge on any atom is 0.472 e. The number of ether oxygens (including phenoxy) is 2. The van der Waals surface area contributed by atoms with Crippen LogP contribution in [0.5, 0.6) is 0 Å². The zero-order chi connectivity index (χ0) is 51.7. The summed E-state index contributed by atoms with van der Waals surface area (Å²) in [5, 5.41) is 0. The molecule has 71 heavy (non-hydrogen) atoms. The van der Waals surface area contributed by atoms with E-state index in [9.17, 15) is 19.0 Å². The molecule has 410 valence electrons. The summed E-state index contributed by atoms with van der Waals surface area (Å²) in [5.41, 5.74) is 5.37. The number of carbonyl (C=O) groups is 2. The van der Waals surface area contributed by atoms with Gasteiger partial charge in [-0.15, -0.1) is 0 Å². The van der Waals surface area contributed by atoms with E-state index in [0.717, 1.165) is 96.3 Å². The van der Waals surface area contributed by atoms with Gasteiger partial charge in [0.25, 0.3) is 0 Å². The first-order valence-corrected chi connectivity index (χ1v) is 30.6. The van der Waals surface area contributed by atoms with Crippen LogP contribution in [0.4, 0.5) is 0 Å².